The van der Waals surface area contributed by atoms with Crippen molar-refractivity contribution in [2.45, 2.75) is 16.8 Å². The number of urea groups is 1. The van der Waals surface area contributed by atoms with Gasteiger partial charge in [0, 0.05) is 4.90 Å². The number of alkyl halides is 3. The molecule has 0 aliphatic rings. The van der Waals surface area contributed by atoms with Gasteiger partial charge in [0.15, 0.2) is 0 Å². The van der Waals surface area contributed by atoms with Crippen molar-refractivity contribution in [3.8, 4) is 0 Å². The smallest absolute Gasteiger partial charge is 0.417 e. The maximum Gasteiger partial charge on any atom is 0.417 e. The summed E-state index contributed by atoms with van der Waals surface area (Å²) in [5.41, 5.74) is 0.930. The van der Waals surface area contributed by atoms with E-state index in [4.69, 9.17) is 10.3 Å². The Morgan fingerprint density at radius 2 is 2.18 bits per heavy atom. The maximum absolute atomic E-state index is 13.1. The van der Waals surface area contributed by atoms with Crippen molar-refractivity contribution in [1.29, 1.82) is 0 Å². The molecule has 2 amide bonds. The largest absolute Gasteiger partial charge is 0.448 e. The van der Waals surface area contributed by atoms with Crippen LogP contribution in [0.15, 0.2) is 40.0 Å². The zero-order valence-electron chi connectivity index (χ0n) is 11.0. The van der Waals surface area contributed by atoms with Crippen molar-refractivity contribution in [3.63, 3.8) is 0 Å². The highest BCUT2D eigenvalue weighted by Gasteiger charge is 2.34. The van der Waals surface area contributed by atoms with E-state index in [-0.39, 0.29) is 22.2 Å². The zero-order chi connectivity index (χ0) is 16.2. The minimum absolute atomic E-state index is 0.00525. The van der Waals surface area contributed by atoms with E-state index in [9.17, 15) is 18.0 Å². The minimum Gasteiger partial charge on any atom is -0.448 e. The number of hydrazine groups is 1. The Bertz CT molecular complexity index is 646. The number of carbonyl (C=O) groups is 1. The molecule has 0 aliphatic carbocycles. The molecule has 2 aromatic rings. The van der Waals surface area contributed by atoms with Crippen LogP contribution >= 0.6 is 11.8 Å². The fraction of sp³-hybridized carbons (Fsp3) is 0.167. The van der Waals surface area contributed by atoms with Gasteiger partial charge in [-0.25, -0.2) is 15.6 Å². The predicted octanol–water partition coefficient (Wildman–Crippen LogP) is 2.98. The molecular formula is C12H11F3N4O2S. The van der Waals surface area contributed by atoms with E-state index in [1.165, 1.54) is 24.6 Å². The number of nitrogens with two attached hydrogens (primary N) is 1. The molecule has 0 saturated carbocycles. The molecular weight excluding hydrogens is 321 g/mol. The lowest BCUT2D eigenvalue weighted by molar-refractivity contribution is -0.139. The maximum atomic E-state index is 13.1. The van der Waals surface area contributed by atoms with E-state index in [1.807, 2.05) is 0 Å². The quantitative estimate of drug-likeness (QED) is 0.346. The van der Waals surface area contributed by atoms with Crippen molar-refractivity contribution in [2.24, 2.45) is 5.84 Å². The number of aromatic nitrogens is 1. The first kappa shape index (κ1) is 16.2. The van der Waals surface area contributed by atoms with E-state index >= 15 is 0 Å². The molecule has 10 heteroatoms. The van der Waals surface area contributed by atoms with Gasteiger partial charge < -0.3 is 9.73 Å². The van der Waals surface area contributed by atoms with Gasteiger partial charge in [-0.3, -0.25) is 5.43 Å². The topological polar surface area (TPSA) is 93.2 Å². The number of carbonyl (C=O) groups excluding carboxylic acids is 1. The van der Waals surface area contributed by atoms with Gasteiger partial charge in [0.25, 0.3) is 0 Å². The molecule has 118 valence electrons. The summed E-state index contributed by atoms with van der Waals surface area (Å²) >= 11 is 0.851. The van der Waals surface area contributed by atoms with Crippen LogP contribution in [0.1, 0.15) is 11.5 Å². The molecule has 0 radical (unpaired) electrons. The third-order valence-electron chi connectivity index (χ3n) is 2.52. The lowest BCUT2D eigenvalue weighted by atomic mass is 10.2. The minimum atomic E-state index is -4.56. The van der Waals surface area contributed by atoms with Crippen LogP contribution in [0.4, 0.5) is 23.7 Å². The molecule has 0 bridgehead atoms. The average Bonchev–Trinajstić information content (AvgIpc) is 2.97. The molecule has 1 aromatic carbocycles. The van der Waals surface area contributed by atoms with Crippen molar-refractivity contribution in [3.05, 3.63) is 42.1 Å². The molecule has 0 atom stereocenters. The second-order valence-electron chi connectivity index (χ2n) is 3.99. The van der Waals surface area contributed by atoms with Gasteiger partial charge >= 0.3 is 12.2 Å². The molecule has 0 aliphatic heterocycles. The molecule has 4 N–H and O–H groups in total. The lowest BCUT2D eigenvalue weighted by Gasteiger charge is -2.16. The Morgan fingerprint density at radius 3 is 2.77 bits per heavy atom. The van der Waals surface area contributed by atoms with Gasteiger partial charge in [0.1, 0.15) is 6.26 Å². The van der Waals surface area contributed by atoms with Crippen LogP contribution in [0.3, 0.4) is 0 Å². The molecule has 1 aromatic heterocycles. The number of amides is 2. The monoisotopic (exact) mass is 332 g/mol. The summed E-state index contributed by atoms with van der Waals surface area (Å²) in [6, 6.07) is 2.66. The highest BCUT2D eigenvalue weighted by Crippen LogP contribution is 2.41. The van der Waals surface area contributed by atoms with E-state index < -0.39 is 17.8 Å². The first-order valence-electron chi connectivity index (χ1n) is 5.91. The van der Waals surface area contributed by atoms with Crippen LogP contribution in [-0.2, 0) is 11.9 Å². The number of rotatable bonds is 4. The summed E-state index contributed by atoms with van der Waals surface area (Å²) in [6.07, 6.45) is -1.84. The standard InChI is InChI=1S/C12H11F3N4O2S/c13-12(14,15)7-2-1-3-8(18-11(20)19-16)10(7)22-6-9-17-4-5-21-9/h1-5H,6,16H2,(H2,18,19,20). The van der Waals surface area contributed by atoms with Crippen LogP contribution in [0.5, 0.6) is 0 Å². The van der Waals surface area contributed by atoms with Crippen molar-refractivity contribution < 1.29 is 22.4 Å². The number of hydrogen-bond donors (Lipinski definition) is 3. The number of nitrogens with zero attached hydrogens (tertiary/aromatic N) is 1. The van der Waals surface area contributed by atoms with Crippen molar-refractivity contribution in [2.75, 3.05) is 5.32 Å². The van der Waals surface area contributed by atoms with E-state index in [0.29, 0.717) is 0 Å². The molecule has 0 unspecified atom stereocenters. The van der Waals surface area contributed by atoms with Crippen molar-refractivity contribution >= 4 is 23.5 Å². The molecule has 0 spiro atoms. The zero-order valence-corrected chi connectivity index (χ0v) is 11.8. The van der Waals surface area contributed by atoms with Crippen LogP contribution in [0.25, 0.3) is 0 Å². The number of thioether (sulfide) groups is 1. The third kappa shape index (κ3) is 3.92. The second-order valence-corrected chi connectivity index (χ2v) is 4.98. The van der Waals surface area contributed by atoms with Gasteiger partial charge in [0.2, 0.25) is 5.89 Å². The van der Waals surface area contributed by atoms with Gasteiger partial charge in [-0.1, -0.05) is 6.07 Å². The summed E-state index contributed by atoms with van der Waals surface area (Å²) in [6.45, 7) is 0. The predicted molar refractivity (Wildman–Crippen MR) is 73.8 cm³/mol. The summed E-state index contributed by atoms with van der Waals surface area (Å²) in [7, 11) is 0. The second kappa shape index (κ2) is 6.71. The number of nitrogens with one attached hydrogen (secondary N) is 2. The summed E-state index contributed by atoms with van der Waals surface area (Å²) in [5, 5.41) is 2.26. The number of oxazole rings is 1. The van der Waals surface area contributed by atoms with Crippen molar-refractivity contribution in [1.82, 2.24) is 10.4 Å². The van der Waals surface area contributed by atoms with Gasteiger partial charge in [0.05, 0.1) is 23.2 Å². The Kier molecular flexibility index (Phi) is 4.93. The Morgan fingerprint density at radius 1 is 1.41 bits per heavy atom. The SMILES string of the molecule is NNC(=O)Nc1cccc(C(F)(F)F)c1SCc1ncco1. The number of benzene rings is 1. The van der Waals surface area contributed by atoms with E-state index in [1.54, 1.807) is 5.43 Å². The fourth-order valence-electron chi connectivity index (χ4n) is 1.63. The Hall–Kier alpha value is -2.20. The molecule has 2 rings (SSSR count). The normalized spacial score (nSPS) is 11.3. The first-order chi connectivity index (χ1) is 10.4. The van der Waals surface area contributed by atoms with Gasteiger partial charge in [-0.05, 0) is 12.1 Å². The van der Waals surface area contributed by atoms with Gasteiger partial charge in [-0.15, -0.1) is 11.8 Å². The summed E-state index contributed by atoms with van der Waals surface area (Å²) in [4.78, 5) is 15.0. The number of hydrogen-bond acceptors (Lipinski definition) is 5. The lowest BCUT2D eigenvalue weighted by Crippen LogP contribution is -2.34. The summed E-state index contributed by atoms with van der Waals surface area (Å²) < 4.78 is 44.3. The third-order valence-corrected chi connectivity index (χ3v) is 3.64. The van der Waals surface area contributed by atoms with E-state index in [0.717, 1.165) is 17.8 Å². The highest BCUT2D eigenvalue weighted by atomic mass is 32.2. The molecule has 0 saturated heterocycles. The van der Waals surface area contributed by atoms with Crippen LogP contribution < -0.4 is 16.6 Å². The highest BCUT2D eigenvalue weighted by molar-refractivity contribution is 7.98. The fourth-order valence-corrected chi connectivity index (χ4v) is 2.65. The van der Waals surface area contributed by atoms with E-state index in [2.05, 4.69) is 10.3 Å². The molecule has 0 fully saturated rings. The Balaban J connectivity index is 2.34. The van der Waals surface area contributed by atoms with Crippen LogP contribution in [0.2, 0.25) is 0 Å². The molecule has 22 heavy (non-hydrogen) atoms. The van der Waals surface area contributed by atoms with Crippen LogP contribution in [-0.4, -0.2) is 11.0 Å². The number of halogens is 3. The summed E-state index contributed by atoms with van der Waals surface area (Å²) in [5.74, 6) is 5.29. The number of anilines is 1. The Labute approximate surface area is 127 Å². The molecule has 1 heterocycles. The first-order valence-corrected chi connectivity index (χ1v) is 6.89. The molecule has 6 nitrogen and oxygen atoms in total. The van der Waals surface area contributed by atoms with Gasteiger partial charge in [-0.2, -0.15) is 13.2 Å². The van der Waals surface area contributed by atoms with Crippen LogP contribution in [0, 0.1) is 0 Å². The average molecular weight is 332 g/mol.